The van der Waals surface area contributed by atoms with Crippen LogP contribution in [-0.4, -0.2) is 20.8 Å². The van der Waals surface area contributed by atoms with E-state index in [1.165, 1.54) is 0 Å². The Kier molecular flexibility index (Phi) is 2.36. The Balaban J connectivity index is 2.34. The average molecular weight is 292 g/mol. The van der Waals surface area contributed by atoms with Crippen LogP contribution >= 0.6 is 15.9 Å². The summed E-state index contributed by atoms with van der Waals surface area (Å²) < 4.78 is 2.73. The Morgan fingerprint density at radius 3 is 3.00 bits per heavy atom. The minimum Gasteiger partial charge on any atom is -0.294 e. The van der Waals surface area contributed by atoms with E-state index in [2.05, 4.69) is 26.2 Å². The van der Waals surface area contributed by atoms with Crippen molar-refractivity contribution in [3.05, 3.63) is 33.9 Å². The van der Waals surface area contributed by atoms with Gasteiger partial charge in [-0.2, -0.15) is 0 Å². The van der Waals surface area contributed by atoms with E-state index in [1.807, 2.05) is 29.8 Å². The van der Waals surface area contributed by atoms with Crippen molar-refractivity contribution in [2.75, 3.05) is 0 Å². The number of carbonyl (C=O) groups excluding carboxylic acids is 1. The fourth-order valence-corrected chi connectivity index (χ4v) is 2.55. The topological polar surface area (TPSA) is 47.8 Å². The second-order valence-electron chi connectivity index (χ2n) is 4.11. The largest absolute Gasteiger partial charge is 0.294 e. The van der Waals surface area contributed by atoms with Crippen LogP contribution in [0.25, 0.3) is 11.3 Å². The number of halogens is 1. The molecule has 1 aliphatic heterocycles. The first-order valence-corrected chi connectivity index (χ1v) is 6.19. The lowest BCUT2D eigenvalue weighted by Crippen LogP contribution is -2.03. The summed E-state index contributed by atoms with van der Waals surface area (Å²) in [5.41, 5.74) is 3.50. The third-order valence-electron chi connectivity index (χ3n) is 2.99. The quantitative estimate of drug-likeness (QED) is 0.750. The van der Waals surface area contributed by atoms with Gasteiger partial charge in [-0.25, -0.2) is 4.68 Å². The Labute approximate surface area is 107 Å². The van der Waals surface area contributed by atoms with E-state index in [0.717, 1.165) is 27.0 Å². The molecule has 5 heteroatoms. The summed E-state index contributed by atoms with van der Waals surface area (Å²) in [5.74, 6) is 0.159. The molecular formula is C12H10BrN3O. The molecule has 1 aromatic heterocycles. The number of ketones is 1. The molecule has 2 heterocycles. The highest BCUT2D eigenvalue weighted by Gasteiger charge is 2.23. The molecule has 0 radical (unpaired) electrons. The van der Waals surface area contributed by atoms with Crippen molar-refractivity contribution in [3.8, 4) is 11.3 Å². The standard InChI is InChI=1S/C12H10BrN3O/c1-7-12-9-3-2-8(13)6-10(9)11(17)4-5-16(12)15-14-7/h2-3,6H,4-5H2,1H3. The minimum atomic E-state index is 0.159. The van der Waals surface area contributed by atoms with Crippen molar-refractivity contribution in [2.45, 2.75) is 19.9 Å². The summed E-state index contributed by atoms with van der Waals surface area (Å²) in [4.78, 5) is 12.1. The van der Waals surface area contributed by atoms with Gasteiger partial charge in [-0.3, -0.25) is 4.79 Å². The molecule has 0 saturated heterocycles. The van der Waals surface area contributed by atoms with Gasteiger partial charge in [0.05, 0.1) is 17.9 Å². The van der Waals surface area contributed by atoms with Gasteiger partial charge in [-0.05, 0) is 19.1 Å². The highest BCUT2D eigenvalue weighted by atomic mass is 79.9. The molecule has 0 N–H and O–H groups in total. The lowest BCUT2D eigenvalue weighted by molar-refractivity contribution is 0.0978. The molecule has 1 aromatic carbocycles. The third-order valence-corrected chi connectivity index (χ3v) is 3.48. The smallest absolute Gasteiger partial charge is 0.165 e. The SMILES string of the molecule is Cc1nnn2c1-c1ccc(Br)cc1C(=O)CC2. The highest BCUT2D eigenvalue weighted by Crippen LogP contribution is 2.31. The van der Waals surface area contributed by atoms with Gasteiger partial charge in [0.2, 0.25) is 0 Å². The fourth-order valence-electron chi connectivity index (χ4n) is 2.19. The van der Waals surface area contributed by atoms with Crippen LogP contribution in [0.3, 0.4) is 0 Å². The first-order valence-electron chi connectivity index (χ1n) is 5.40. The maximum atomic E-state index is 12.1. The fraction of sp³-hybridized carbons (Fsp3) is 0.250. The minimum absolute atomic E-state index is 0.159. The van der Waals surface area contributed by atoms with E-state index in [4.69, 9.17) is 0 Å². The summed E-state index contributed by atoms with van der Waals surface area (Å²) in [6, 6.07) is 5.76. The van der Waals surface area contributed by atoms with Crippen LogP contribution in [0, 0.1) is 6.92 Å². The molecule has 2 aromatic rings. The van der Waals surface area contributed by atoms with Crippen LogP contribution in [0.5, 0.6) is 0 Å². The zero-order valence-corrected chi connectivity index (χ0v) is 10.9. The number of Topliss-reactive ketones (excluding diaryl/α,β-unsaturated/α-hetero) is 1. The van der Waals surface area contributed by atoms with Crippen molar-refractivity contribution < 1.29 is 4.79 Å². The monoisotopic (exact) mass is 291 g/mol. The number of hydrogen-bond acceptors (Lipinski definition) is 3. The van der Waals surface area contributed by atoms with Crippen molar-refractivity contribution in [2.24, 2.45) is 0 Å². The molecule has 0 spiro atoms. The maximum Gasteiger partial charge on any atom is 0.165 e. The zero-order chi connectivity index (χ0) is 12.0. The number of rotatable bonds is 0. The van der Waals surface area contributed by atoms with Crippen molar-refractivity contribution >= 4 is 21.7 Å². The molecule has 0 fully saturated rings. The number of fused-ring (bicyclic) bond motifs is 3. The predicted molar refractivity (Wildman–Crippen MR) is 66.8 cm³/mol. The number of carbonyl (C=O) groups is 1. The van der Waals surface area contributed by atoms with Crippen molar-refractivity contribution in [3.63, 3.8) is 0 Å². The van der Waals surface area contributed by atoms with E-state index in [-0.39, 0.29) is 5.78 Å². The first kappa shape index (κ1) is 10.7. The lowest BCUT2D eigenvalue weighted by atomic mass is 10.00. The van der Waals surface area contributed by atoms with Crippen LogP contribution in [0.15, 0.2) is 22.7 Å². The normalized spacial score (nSPS) is 14.1. The number of benzene rings is 1. The summed E-state index contributed by atoms with van der Waals surface area (Å²) in [5, 5.41) is 8.15. The van der Waals surface area contributed by atoms with Crippen LogP contribution in [0.1, 0.15) is 22.5 Å². The van der Waals surface area contributed by atoms with Gasteiger partial charge in [-0.1, -0.05) is 27.2 Å². The molecule has 0 unspecified atom stereocenters. The second kappa shape index (κ2) is 3.77. The van der Waals surface area contributed by atoms with Gasteiger partial charge < -0.3 is 0 Å². The van der Waals surface area contributed by atoms with Crippen molar-refractivity contribution in [1.29, 1.82) is 0 Å². The molecule has 86 valence electrons. The van der Waals surface area contributed by atoms with Crippen LogP contribution in [0.2, 0.25) is 0 Å². The van der Waals surface area contributed by atoms with E-state index in [1.54, 1.807) is 0 Å². The van der Waals surface area contributed by atoms with Gasteiger partial charge in [0.1, 0.15) is 0 Å². The van der Waals surface area contributed by atoms with E-state index in [0.29, 0.717) is 13.0 Å². The molecule has 4 nitrogen and oxygen atoms in total. The lowest BCUT2D eigenvalue weighted by Gasteiger charge is -2.06. The molecule has 0 atom stereocenters. The summed E-state index contributed by atoms with van der Waals surface area (Å²) in [7, 11) is 0. The molecule has 0 aliphatic carbocycles. The molecule has 1 aliphatic rings. The summed E-state index contributed by atoms with van der Waals surface area (Å²) in [6.07, 6.45) is 0.471. The molecular weight excluding hydrogens is 282 g/mol. The summed E-state index contributed by atoms with van der Waals surface area (Å²) in [6.45, 7) is 2.52. The molecule has 17 heavy (non-hydrogen) atoms. The summed E-state index contributed by atoms with van der Waals surface area (Å²) >= 11 is 3.40. The van der Waals surface area contributed by atoms with E-state index < -0.39 is 0 Å². The van der Waals surface area contributed by atoms with Crippen LogP contribution < -0.4 is 0 Å². The van der Waals surface area contributed by atoms with Gasteiger partial charge in [-0.15, -0.1) is 5.10 Å². The predicted octanol–water partition coefficient (Wildman–Crippen LogP) is 2.60. The second-order valence-corrected chi connectivity index (χ2v) is 5.03. The third kappa shape index (κ3) is 1.61. The Hall–Kier alpha value is -1.49. The van der Waals surface area contributed by atoms with Crippen LogP contribution in [-0.2, 0) is 6.54 Å². The zero-order valence-electron chi connectivity index (χ0n) is 9.27. The maximum absolute atomic E-state index is 12.1. The Bertz CT molecular complexity index is 618. The molecule has 3 rings (SSSR count). The number of aryl methyl sites for hydroxylation is 2. The first-order chi connectivity index (χ1) is 8.16. The van der Waals surface area contributed by atoms with Gasteiger partial charge in [0.15, 0.2) is 5.78 Å². The van der Waals surface area contributed by atoms with Gasteiger partial charge in [0, 0.05) is 22.0 Å². The molecule has 0 bridgehead atoms. The van der Waals surface area contributed by atoms with Crippen LogP contribution in [0.4, 0.5) is 0 Å². The highest BCUT2D eigenvalue weighted by molar-refractivity contribution is 9.10. The Morgan fingerprint density at radius 1 is 1.35 bits per heavy atom. The number of hydrogen-bond donors (Lipinski definition) is 0. The van der Waals surface area contributed by atoms with Gasteiger partial charge >= 0.3 is 0 Å². The Morgan fingerprint density at radius 2 is 2.18 bits per heavy atom. The molecule has 0 amide bonds. The number of aromatic nitrogens is 3. The van der Waals surface area contributed by atoms with Gasteiger partial charge in [0.25, 0.3) is 0 Å². The van der Waals surface area contributed by atoms with E-state index >= 15 is 0 Å². The molecule has 0 saturated carbocycles. The number of nitrogens with zero attached hydrogens (tertiary/aromatic N) is 3. The average Bonchev–Trinajstić information content (AvgIpc) is 2.61. The van der Waals surface area contributed by atoms with Crippen molar-refractivity contribution in [1.82, 2.24) is 15.0 Å². The van der Waals surface area contributed by atoms with E-state index in [9.17, 15) is 4.79 Å².